The van der Waals surface area contributed by atoms with Crippen LogP contribution < -0.4 is 10.5 Å². The van der Waals surface area contributed by atoms with Crippen LogP contribution in [-0.2, 0) is 16.6 Å². The first-order valence-electron chi connectivity index (χ1n) is 5.94. The van der Waals surface area contributed by atoms with Crippen LogP contribution >= 0.6 is 22.9 Å². The molecular weight excluding hydrogens is 320 g/mol. The largest absolute Gasteiger partial charge is 0.381 e. The van der Waals surface area contributed by atoms with Crippen LogP contribution in [0.4, 0.5) is 5.82 Å². The molecule has 2 aromatic rings. The highest BCUT2D eigenvalue weighted by Gasteiger charge is 2.24. The average molecular weight is 335 g/mol. The van der Waals surface area contributed by atoms with E-state index in [9.17, 15) is 8.42 Å². The summed E-state index contributed by atoms with van der Waals surface area (Å²) in [5.74, 6) is -0.00392. The molecule has 0 radical (unpaired) electrons. The summed E-state index contributed by atoms with van der Waals surface area (Å²) in [6.07, 6.45) is 1.42. The maximum atomic E-state index is 12.3. The fraction of sp³-hybridized carbons (Fsp3) is 0.364. The Morgan fingerprint density at radius 3 is 2.75 bits per heavy atom. The molecule has 2 heterocycles. The minimum atomic E-state index is -3.71. The number of thiophene rings is 1. The lowest BCUT2D eigenvalue weighted by Gasteiger charge is -2.11. The number of rotatable bonds is 5. The predicted molar refractivity (Wildman–Crippen MR) is 80.4 cm³/mol. The molecule has 2 rings (SSSR count). The molecule has 1 atom stereocenters. The molecule has 0 aromatic carbocycles. The summed E-state index contributed by atoms with van der Waals surface area (Å²) in [7, 11) is -3.71. The summed E-state index contributed by atoms with van der Waals surface area (Å²) in [6.45, 7) is 4.16. The molecule has 9 heteroatoms. The SMILES string of the molecule is CCn1cc(S(=O)(=O)NC(C)c2ccc(Cl)s2)c(N)n1. The average Bonchev–Trinajstić information content (AvgIpc) is 2.95. The molecule has 20 heavy (non-hydrogen) atoms. The van der Waals surface area contributed by atoms with Gasteiger partial charge in [0.1, 0.15) is 4.90 Å². The number of aromatic nitrogens is 2. The van der Waals surface area contributed by atoms with Crippen LogP contribution in [0.15, 0.2) is 23.2 Å². The van der Waals surface area contributed by atoms with Crippen molar-refractivity contribution in [2.24, 2.45) is 0 Å². The topological polar surface area (TPSA) is 90.0 Å². The number of hydrogen-bond acceptors (Lipinski definition) is 5. The summed E-state index contributed by atoms with van der Waals surface area (Å²) in [4.78, 5) is 0.828. The van der Waals surface area contributed by atoms with Gasteiger partial charge in [-0.05, 0) is 26.0 Å². The van der Waals surface area contributed by atoms with Crippen molar-refractivity contribution in [1.82, 2.24) is 14.5 Å². The number of anilines is 1. The zero-order chi connectivity index (χ0) is 14.9. The molecule has 0 saturated carbocycles. The Kier molecular flexibility index (Phi) is 4.38. The predicted octanol–water partition coefficient (Wildman–Crippen LogP) is 2.24. The second-order valence-corrected chi connectivity index (χ2v) is 7.65. The van der Waals surface area contributed by atoms with Crippen LogP contribution in [0.25, 0.3) is 0 Å². The molecule has 1 unspecified atom stereocenters. The van der Waals surface area contributed by atoms with Gasteiger partial charge >= 0.3 is 0 Å². The van der Waals surface area contributed by atoms with Gasteiger partial charge in [0.15, 0.2) is 5.82 Å². The highest BCUT2D eigenvalue weighted by atomic mass is 35.5. The van der Waals surface area contributed by atoms with Crippen molar-refractivity contribution in [3.8, 4) is 0 Å². The molecule has 3 N–H and O–H groups in total. The monoisotopic (exact) mass is 334 g/mol. The second kappa shape index (κ2) is 5.72. The van der Waals surface area contributed by atoms with Crippen molar-refractivity contribution >= 4 is 38.8 Å². The van der Waals surface area contributed by atoms with Gasteiger partial charge in [-0.1, -0.05) is 11.6 Å². The number of halogens is 1. The van der Waals surface area contributed by atoms with Gasteiger partial charge in [0, 0.05) is 17.6 Å². The Hall–Kier alpha value is -1.09. The van der Waals surface area contributed by atoms with Crippen molar-refractivity contribution in [2.75, 3.05) is 5.73 Å². The van der Waals surface area contributed by atoms with E-state index >= 15 is 0 Å². The van der Waals surface area contributed by atoms with Crippen molar-refractivity contribution in [2.45, 2.75) is 31.3 Å². The third-order valence-corrected chi connectivity index (χ3v) is 5.69. The Balaban J connectivity index is 2.24. The van der Waals surface area contributed by atoms with Gasteiger partial charge in [-0.3, -0.25) is 4.68 Å². The third kappa shape index (κ3) is 3.14. The van der Waals surface area contributed by atoms with Crippen LogP contribution in [0.2, 0.25) is 4.34 Å². The molecule has 0 aliphatic heterocycles. The van der Waals surface area contributed by atoms with Crippen LogP contribution in [0.1, 0.15) is 24.8 Å². The second-order valence-electron chi connectivity index (χ2n) is 4.22. The number of nitrogens with one attached hydrogen (secondary N) is 1. The maximum absolute atomic E-state index is 12.3. The highest BCUT2D eigenvalue weighted by Crippen LogP contribution is 2.28. The van der Waals surface area contributed by atoms with Gasteiger partial charge in [-0.15, -0.1) is 11.3 Å². The molecule has 0 spiro atoms. The fourth-order valence-corrected chi connectivity index (χ4v) is 4.14. The zero-order valence-electron chi connectivity index (χ0n) is 11.0. The summed E-state index contributed by atoms with van der Waals surface area (Å²) >= 11 is 7.18. The first-order chi connectivity index (χ1) is 9.33. The Labute approximate surface area is 126 Å². The van der Waals surface area contributed by atoms with Gasteiger partial charge in [0.05, 0.1) is 10.4 Å². The maximum Gasteiger partial charge on any atom is 0.246 e. The standard InChI is InChI=1S/C11H15ClN4O2S2/c1-3-16-6-9(11(13)14-16)20(17,18)15-7(2)8-4-5-10(12)19-8/h4-7,15H,3H2,1-2H3,(H2,13,14). The normalized spacial score (nSPS) is 13.6. The zero-order valence-corrected chi connectivity index (χ0v) is 13.4. The first kappa shape index (κ1) is 15.3. The Morgan fingerprint density at radius 1 is 1.55 bits per heavy atom. The molecule has 2 aromatic heterocycles. The lowest BCUT2D eigenvalue weighted by atomic mass is 10.3. The lowest BCUT2D eigenvalue weighted by molar-refractivity contribution is 0.568. The van der Waals surface area contributed by atoms with E-state index in [1.54, 1.807) is 19.1 Å². The van der Waals surface area contributed by atoms with Crippen molar-refractivity contribution in [1.29, 1.82) is 0 Å². The van der Waals surface area contributed by atoms with Crippen molar-refractivity contribution in [3.05, 3.63) is 27.5 Å². The summed E-state index contributed by atoms with van der Waals surface area (Å²) in [5, 5.41) is 3.94. The van der Waals surface area contributed by atoms with E-state index in [0.29, 0.717) is 10.9 Å². The number of sulfonamides is 1. The molecule has 0 saturated heterocycles. The van der Waals surface area contributed by atoms with E-state index in [2.05, 4.69) is 9.82 Å². The summed E-state index contributed by atoms with van der Waals surface area (Å²) in [6, 6.07) is 3.14. The van der Waals surface area contributed by atoms with Crippen LogP contribution in [0.5, 0.6) is 0 Å². The molecule has 6 nitrogen and oxygen atoms in total. The highest BCUT2D eigenvalue weighted by molar-refractivity contribution is 7.89. The van der Waals surface area contributed by atoms with Crippen LogP contribution in [-0.4, -0.2) is 18.2 Å². The van der Waals surface area contributed by atoms with Gasteiger partial charge in [-0.2, -0.15) is 5.10 Å². The van der Waals surface area contributed by atoms with E-state index in [4.69, 9.17) is 17.3 Å². The molecule has 110 valence electrons. The van der Waals surface area contributed by atoms with Crippen LogP contribution in [0, 0.1) is 0 Å². The number of hydrogen-bond donors (Lipinski definition) is 2. The molecule has 0 aliphatic rings. The first-order valence-corrected chi connectivity index (χ1v) is 8.61. The van der Waals surface area contributed by atoms with E-state index < -0.39 is 10.0 Å². The smallest absolute Gasteiger partial charge is 0.246 e. The van der Waals surface area contributed by atoms with Gasteiger partial charge in [0.2, 0.25) is 10.0 Å². The Bertz CT molecular complexity index is 708. The third-order valence-electron chi connectivity index (χ3n) is 2.72. The summed E-state index contributed by atoms with van der Waals surface area (Å²) < 4.78 is 29.3. The summed E-state index contributed by atoms with van der Waals surface area (Å²) in [5.41, 5.74) is 5.65. The van der Waals surface area contributed by atoms with E-state index in [0.717, 1.165) is 4.88 Å². The van der Waals surface area contributed by atoms with Gasteiger partial charge < -0.3 is 5.73 Å². The van der Waals surface area contributed by atoms with Crippen molar-refractivity contribution in [3.63, 3.8) is 0 Å². The number of nitrogens with two attached hydrogens (primary N) is 1. The van der Waals surface area contributed by atoms with E-state index in [-0.39, 0.29) is 16.8 Å². The minimum absolute atomic E-state index is 0.00392. The minimum Gasteiger partial charge on any atom is -0.381 e. The number of aryl methyl sites for hydroxylation is 1. The molecule has 0 bridgehead atoms. The molecule has 0 fully saturated rings. The quantitative estimate of drug-likeness (QED) is 0.877. The lowest BCUT2D eigenvalue weighted by Crippen LogP contribution is -2.26. The molecule has 0 amide bonds. The van der Waals surface area contributed by atoms with Crippen molar-refractivity contribution < 1.29 is 8.42 Å². The Morgan fingerprint density at radius 2 is 2.25 bits per heavy atom. The van der Waals surface area contributed by atoms with Gasteiger partial charge in [0.25, 0.3) is 0 Å². The van der Waals surface area contributed by atoms with Gasteiger partial charge in [-0.25, -0.2) is 13.1 Å². The fourth-order valence-electron chi connectivity index (χ4n) is 1.70. The van der Waals surface area contributed by atoms with E-state index in [1.807, 2.05) is 6.92 Å². The van der Waals surface area contributed by atoms with Crippen LogP contribution in [0.3, 0.4) is 0 Å². The number of nitrogen functional groups attached to an aromatic ring is 1. The molecule has 0 aliphatic carbocycles. The molecular formula is C11H15ClN4O2S2. The van der Waals surface area contributed by atoms with E-state index in [1.165, 1.54) is 22.2 Å². The number of nitrogens with zero attached hydrogens (tertiary/aromatic N) is 2.